The lowest BCUT2D eigenvalue weighted by Crippen LogP contribution is -2.17. The number of halogens is 4. The summed E-state index contributed by atoms with van der Waals surface area (Å²) in [6, 6.07) is 3.84. The van der Waals surface area contributed by atoms with Crippen molar-refractivity contribution in [2.24, 2.45) is 0 Å². The summed E-state index contributed by atoms with van der Waals surface area (Å²) in [4.78, 5) is 0. The van der Waals surface area contributed by atoms with Crippen molar-refractivity contribution in [2.75, 3.05) is 0 Å². The highest BCUT2D eigenvalue weighted by Gasteiger charge is 2.31. The molecule has 0 saturated heterocycles. The van der Waals surface area contributed by atoms with Gasteiger partial charge in [-0.15, -0.1) is 19.6 Å². The van der Waals surface area contributed by atoms with Crippen LogP contribution in [0.5, 0.6) is 5.75 Å². The topological polar surface area (TPSA) is 9.23 Å². The molecule has 0 heterocycles. The first-order chi connectivity index (χ1) is 6.40. The van der Waals surface area contributed by atoms with E-state index in [0.717, 1.165) is 6.07 Å². The van der Waals surface area contributed by atoms with E-state index in [0.29, 0.717) is 10.0 Å². The van der Waals surface area contributed by atoms with Gasteiger partial charge in [0.2, 0.25) is 0 Å². The third-order valence-corrected chi connectivity index (χ3v) is 1.73. The zero-order valence-corrected chi connectivity index (χ0v) is 8.32. The Bertz CT molecular complexity index is 379. The number of rotatable bonds is 1. The third-order valence-electron chi connectivity index (χ3n) is 1.27. The van der Waals surface area contributed by atoms with Crippen LogP contribution in [0.15, 0.2) is 22.7 Å². The molecule has 0 spiro atoms. The molecule has 0 saturated carbocycles. The van der Waals surface area contributed by atoms with E-state index >= 15 is 0 Å². The van der Waals surface area contributed by atoms with E-state index in [1.165, 1.54) is 12.1 Å². The third kappa shape index (κ3) is 3.30. The highest BCUT2D eigenvalue weighted by molar-refractivity contribution is 9.10. The molecule has 0 amide bonds. The Labute approximate surface area is 87.0 Å². The zero-order valence-electron chi connectivity index (χ0n) is 6.73. The first-order valence-electron chi connectivity index (χ1n) is 3.43. The molecular formula is C9H4BrF3O. The van der Waals surface area contributed by atoms with Crippen molar-refractivity contribution in [1.82, 2.24) is 0 Å². The normalized spacial score (nSPS) is 10.8. The molecule has 0 aliphatic heterocycles. The second-order valence-corrected chi connectivity index (χ2v) is 3.28. The smallest absolute Gasteiger partial charge is 0.406 e. The average molecular weight is 265 g/mol. The van der Waals surface area contributed by atoms with Crippen LogP contribution in [0.25, 0.3) is 0 Å². The lowest BCUT2D eigenvalue weighted by atomic mass is 10.2. The zero-order chi connectivity index (χ0) is 10.8. The van der Waals surface area contributed by atoms with Crippen molar-refractivity contribution in [1.29, 1.82) is 0 Å². The summed E-state index contributed by atoms with van der Waals surface area (Å²) >= 11 is 3.02. The van der Waals surface area contributed by atoms with Gasteiger partial charge in [0, 0.05) is 10.0 Å². The Kier molecular flexibility index (Phi) is 3.06. The Morgan fingerprint density at radius 1 is 1.29 bits per heavy atom. The average Bonchev–Trinajstić information content (AvgIpc) is 1.99. The molecule has 0 radical (unpaired) electrons. The molecule has 0 atom stereocenters. The maximum atomic E-state index is 11.8. The molecule has 74 valence electrons. The summed E-state index contributed by atoms with van der Waals surface area (Å²) in [6.07, 6.45) is 0.342. The highest BCUT2D eigenvalue weighted by Crippen LogP contribution is 2.26. The lowest BCUT2D eigenvalue weighted by Gasteiger charge is -2.09. The largest absolute Gasteiger partial charge is 0.573 e. The molecular weight excluding hydrogens is 261 g/mol. The SMILES string of the molecule is C#Cc1cc(Br)cc(OC(F)(F)F)c1. The van der Waals surface area contributed by atoms with Crippen LogP contribution in [0.1, 0.15) is 5.56 Å². The molecule has 1 aromatic carbocycles. The van der Waals surface area contributed by atoms with E-state index in [4.69, 9.17) is 6.42 Å². The van der Waals surface area contributed by atoms with Crippen molar-refractivity contribution in [3.63, 3.8) is 0 Å². The van der Waals surface area contributed by atoms with E-state index < -0.39 is 6.36 Å². The van der Waals surface area contributed by atoms with Gasteiger partial charge in [-0.25, -0.2) is 0 Å². The molecule has 0 aromatic heterocycles. The van der Waals surface area contributed by atoms with Crippen molar-refractivity contribution < 1.29 is 17.9 Å². The lowest BCUT2D eigenvalue weighted by molar-refractivity contribution is -0.274. The van der Waals surface area contributed by atoms with Gasteiger partial charge >= 0.3 is 6.36 Å². The van der Waals surface area contributed by atoms with Crippen molar-refractivity contribution in [3.8, 4) is 18.1 Å². The maximum absolute atomic E-state index is 11.8. The maximum Gasteiger partial charge on any atom is 0.573 e. The predicted molar refractivity (Wildman–Crippen MR) is 48.8 cm³/mol. The number of hydrogen-bond acceptors (Lipinski definition) is 1. The first kappa shape index (κ1) is 10.9. The van der Waals surface area contributed by atoms with Crippen LogP contribution in [-0.2, 0) is 0 Å². The molecule has 1 aromatic rings. The molecule has 0 N–H and O–H groups in total. The number of benzene rings is 1. The minimum Gasteiger partial charge on any atom is -0.406 e. The summed E-state index contributed by atoms with van der Waals surface area (Å²) in [7, 11) is 0. The Morgan fingerprint density at radius 2 is 1.93 bits per heavy atom. The minimum absolute atomic E-state index is 0.318. The Balaban J connectivity index is 3.00. The summed E-state index contributed by atoms with van der Waals surface area (Å²) < 4.78 is 39.6. The number of alkyl halides is 3. The quantitative estimate of drug-likeness (QED) is 0.707. The van der Waals surface area contributed by atoms with Crippen LogP contribution in [-0.4, -0.2) is 6.36 Å². The van der Waals surface area contributed by atoms with Crippen molar-refractivity contribution in [3.05, 3.63) is 28.2 Å². The van der Waals surface area contributed by atoms with Gasteiger partial charge in [0.25, 0.3) is 0 Å². The van der Waals surface area contributed by atoms with Gasteiger partial charge < -0.3 is 4.74 Å². The molecule has 5 heteroatoms. The van der Waals surface area contributed by atoms with Gasteiger partial charge in [-0.2, -0.15) is 0 Å². The minimum atomic E-state index is -4.70. The molecule has 1 nitrogen and oxygen atoms in total. The number of ether oxygens (including phenoxy) is 1. The molecule has 1 rings (SSSR count). The van der Waals surface area contributed by atoms with Crippen LogP contribution < -0.4 is 4.74 Å². The van der Waals surface area contributed by atoms with Gasteiger partial charge in [0.1, 0.15) is 5.75 Å². The summed E-state index contributed by atoms with van der Waals surface area (Å²) in [5.74, 6) is 1.88. The Morgan fingerprint density at radius 3 is 2.43 bits per heavy atom. The molecule has 0 fully saturated rings. The van der Waals surface area contributed by atoms with Gasteiger partial charge in [0.05, 0.1) is 0 Å². The van der Waals surface area contributed by atoms with Crippen LogP contribution in [0.3, 0.4) is 0 Å². The summed E-state index contributed by atoms with van der Waals surface area (Å²) in [5, 5.41) is 0. The van der Waals surface area contributed by atoms with Crippen molar-refractivity contribution >= 4 is 15.9 Å². The fourth-order valence-corrected chi connectivity index (χ4v) is 1.31. The van der Waals surface area contributed by atoms with Crippen LogP contribution in [0.4, 0.5) is 13.2 Å². The van der Waals surface area contributed by atoms with Gasteiger partial charge in [-0.1, -0.05) is 21.9 Å². The summed E-state index contributed by atoms with van der Waals surface area (Å²) in [6.45, 7) is 0. The first-order valence-corrected chi connectivity index (χ1v) is 4.23. The molecule has 0 aliphatic rings. The predicted octanol–water partition coefficient (Wildman–Crippen LogP) is 3.33. The van der Waals surface area contributed by atoms with Gasteiger partial charge in [-0.3, -0.25) is 0 Å². The molecule has 0 bridgehead atoms. The van der Waals surface area contributed by atoms with Gasteiger partial charge in [-0.05, 0) is 18.2 Å². The number of hydrogen-bond donors (Lipinski definition) is 0. The molecule has 0 unspecified atom stereocenters. The second kappa shape index (κ2) is 3.93. The highest BCUT2D eigenvalue weighted by atomic mass is 79.9. The second-order valence-electron chi connectivity index (χ2n) is 2.37. The van der Waals surface area contributed by atoms with E-state index in [9.17, 15) is 13.2 Å². The molecule has 14 heavy (non-hydrogen) atoms. The van der Waals surface area contributed by atoms with Crippen LogP contribution in [0, 0.1) is 12.3 Å². The van der Waals surface area contributed by atoms with E-state index in [1.807, 2.05) is 0 Å². The van der Waals surface area contributed by atoms with Crippen LogP contribution in [0.2, 0.25) is 0 Å². The van der Waals surface area contributed by atoms with E-state index in [2.05, 4.69) is 26.6 Å². The molecule has 0 aliphatic carbocycles. The fraction of sp³-hybridized carbons (Fsp3) is 0.111. The standard InChI is InChI=1S/C9H4BrF3O/c1-2-6-3-7(10)5-8(4-6)14-9(11,12)13/h1,3-5H. The Hall–Kier alpha value is -1.15. The van der Waals surface area contributed by atoms with Gasteiger partial charge in [0.15, 0.2) is 0 Å². The van der Waals surface area contributed by atoms with E-state index in [1.54, 1.807) is 0 Å². The van der Waals surface area contributed by atoms with Crippen LogP contribution >= 0.6 is 15.9 Å². The number of terminal acetylenes is 1. The monoisotopic (exact) mass is 264 g/mol. The van der Waals surface area contributed by atoms with E-state index in [-0.39, 0.29) is 5.75 Å². The fourth-order valence-electron chi connectivity index (χ4n) is 0.839. The summed E-state index contributed by atoms with van der Waals surface area (Å²) in [5.41, 5.74) is 0.318. The van der Waals surface area contributed by atoms with Crippen molar-refractivity contribution in [2.45, 2.75) is 6.36 Å².